The molecule has 0 atom stereocenters. The molecule has 1 heterocycles. The maximum atomic E-state index is 12.7. The van der Waals surface area contributed by atoms with Gasteiger partial charge in [0.25, 0.3) is 5.91 Å². The average molecular weight is 314 g/mol. The third-order valence-electron chi connectivity index (χ3n) is 3.15. The van der Waals surface area contributed by atoms with E-state index in [0.29, 0.717) is 11.1 Å². The van der Waals surface area contributed by atoms with Crippen LogP contribution in [0.25, 0.3) is 11.3 Å². The highest BCUT2D eigenvalue weighted by molar-refractivity contribution is 5.93. The number of hydrogen-bond acceptors (Lipinski definition) is 4. The zero-order valence-electron chi connectivity index (χ0n) is 12.1. The summed E-state index contributed by atoms with van der Waals surface area (Å²) in [4.78, 5) is 16.6. The molecule has 8 heteroatoms. The van der Waals surface area contributed by atoms with Gasteiger partial charge in [0.1, 0.15) is 5.69 Å². The molecule has 0 N–H and O–H groups in total. The van der Waals surface area contributed by atoms with Crippen molar-refractivity contribution in [2.75, 3.05) is 14.2 Å². The van der Waals surface area contributed by atoms with Crippen molar-refractivity contribution in [3.63, 3.8) is 0 Å². The third-order valence-corrected chi connectivity index (χ3v) is 3.15. The Morgan fingerprint density at radius 3 is 2.32 bits per heavy atom. The Kier molecular flexibility index (Phi) is 4.23. The van der Waals surface area contributed by atoms with E-state index in [1.807, 2.05) is 0 Å². The summed E-state index contributed by atoms with van der Waals surface area (Å²) >= 11 is 0. The topological polar surface area (TPSA) is 55.6 Å². The summed E-state index contributed by atoms with van der Waals surface area (Å²) in [5.74, 6) is -1.50. The number of aromatic nitrogens is 1. The zero-order chi connectivity index (χ0) is 16.5. The Morgan fingerprint density at radius 2 is 1.86 bits per heavy atom. The van der Waals surface area contributed by atoms with E-state index < -0.39 is 11.9 Å². The Morgan fingerprint density at radius 1 is 1.27 bits per heavy atom. The van der Waals surface area contributed by atoms with Crippen molar-refractivity contribution in [2.45, 2.75) is 13.1 Å². The Labute approximate surface area is 124 Å². The second-order valence-electron chi connectivity index (χ2n) is 4.55. The van der Waals surface area contributed by atoms with Crippen LogP contribution < -0.4 is 0 Å². The van der Waals surface area contributed by atoms with Crippen LogP contribution in [-0.4, -0.2) is 30.3 Å². The molecule has 0 saturated heterocycles. The minimum Gasteiger partial charge on any atom is -0.351 e. The number of carbonyl (C=O) groups excluding carboxylic acids is 1. The highest BCUT2D eigenvalue weighted by Crippen LogP contribution is 2.36. The van der Waals surface area contributed by atoms with Crippen LogP contribution in [0.5, 0.6) is 0 Å². The maximum absolute atomic E-state index is 12.7. The summed E-state index contributed by atoms with van der Waals surface area (Å²) in [5, 5.41) is 4.50. The summed E-state index contributed by atoms with van der Waals surface area (Å²) in [6, 6.07) is 5.96. The molecule has 2 rings (SSSR count). The van der Waals surface area contributed by atoms with Crippen molar-refractivity contribution in [3.8, 4) is 11.3 Å². The molecule has 22 heavy (non-hydrogen) atoms. The Bertz CT molecular complexity index is 678. The summed E-state index contributed by atoms with van der Waals surface area (Å²) in [5.41, 5.74) is 0.755. The minimum absolute atomic E-state index is 0.0893. The summed E-state index contributed by atoms with van der Waals surface area (Å²) < 4.78 is 42.4. The number of alkyl halides is 3. The van der Waals surface area contributed by atoms with Gasteiger partial charge in [-0.05, 0) is 19.1 Å². The lowest BCUT2D eigenvalue weighted by Crippen LogP contribution is -2.25. The van der Waals surface area contributed by atoms with E-state index in [1.54, 1.807) is 0 Å². The van der Waals surface area contributed by atoms with Gasteiger partial charge in [-0.15, -0.1) is 0 Å². The molecule has 1 amide bonds. The summed E-state index contributed by atoms with van der Waals surface area (Å²) in [7, 11) is 2.80. The molecule has 0 bridgehead atoms. The first-order valence-corrected chi connectivity index (χ1v) is 6.21. The van der Waals surface area contributed by atoms with Crippen LogP contribution in [0.4, 0.5) is 13.2 Å². The first-order valence-electron chi connectivity index (χ1n) is 6.21. The van der Waals surface area contributed by atoms with Crippen molar-refractivity contribution >= 4 is 5.91 Å². The largest absolute Gasteiger partial charge is 0.452 e. The van der Waals surface area contributed by atoms with Crippen LogP contribution in [0.1, 0.15) is 21.7 Å². The number of halogens is 3. The quantitative estimate of drug-likeness (QED) is 0.816. The average Bonchev–Trinajstić information content (AvgIpc) is 2.87. The molecule has 0 unspecified atom stereocenters. The molecule has 1 aromatic heterocycles. The van der Waals surface area contributed by atoms with Crippen molar-refractivity contribution in [1.29, 1.82) is 0 Å². The van der Waals surface area contributed by atoms with Crippen molar-refractivity contribution in [1.82, 2.24) is 10.2 Å². The van der Waals surface area contributed by atoms with E-state index in [2.05, 4.69) is 9.68 Å². The molecule has 0 spiro atoms. The van der Waals surface area contributed by atoms with Gasteiger partial charge in [-0.2, -0.15) is 13.2 Å². The fourth-order valence-corrected chi connectivity index (χ4v) is 1.90. The number of nitrogens with zero attached hydrogens (tertiary/aromatic N) is 2. The van der Waals surface area contributed by atoms with E-state index >= 15 is 0 Å². The smallest absolute Gasteiger partial charge is 0.351 e. The van der Waals surface area contributed by atoms with E-state index in [-0.39, 0.29) is 17.2 Å². The summed E-state index contributed by atoms with van der Waals surface area (Å²) in [6.07, 6.45) is -4.59. The van der Waals surface area contributed by atoms with Crippen molar-refractivity contribution in [2.24, 2.45) is 0 Å². The SMILES string of the molecule is CON(C)C(=O)c1ccc(-c2noc(C(F)(F)F)c2C)cc1. The zero-order valence-corrected chi connectivity index (χ0v) is 12.1. The van der Waals surface area contributed by atoms with Gasteiger partial charge in [0, 0.05) is 23.7 Å². The number of hydroxylamine groups is 2. The molecule has 0 aliphatic heterocycles. The Balaban J connectivity index is 2.32. The molecule has 0 aliphatic carbocycles. The predicted octanol–water partition coefficient (Wildman–Crippen LogP) is 3.30. The van der Waals surface area contributed by atoms with E-state index in [1.165, 1.54) is 45.3 Å². The van der Waals surface area contributed by atoms with Gasteiger partial charge in [-0.25, -0.2) is 5.06 Å². The van der Waals surface area contributed by atoms with Gasteiger partial charge in [-0.3, -0.25) is 9.63 Å². The van der Waals surface area contributed by atoms with Crippen LogP contribution >= 0.6 is 0 Å². The molecule has 1 aromatic carbocycles. The molecule has 0 aliphatic rings. The number of amides is 1. The van der Waals surface area contributed by atoms with Crippen LogP contribution in [0.15, 0.2) is 28.8 Å². The monoisotopic (exact) mass is 314 g/mol. The highest BCUT2D eigenvalue weighted by Gasteiger charge is 2.39. The van der Waals surface area contributed by atoms with Crippen LogP contribution in [0.2, 0.25) is 0 Å². The van der Waals surface area contributed by atoms with Gasteiger partial charge in [0.15, 0.2) is 0 Å². The number of benzene rings is 1. The normalized spacial score (nSPS) is 11.5. The molecule has 5 nitrogen and oxygen atoms in total. The fraction of sp³-hybridized carbons (Fsp3) is 0.286. The van der Waals surface area contributed by atoms with Crippen molar-refractivity contribution in [3.05, 3.63) is 41.2 Å². The lowest BCUT2D eigenvalue weighted by Gasteiger charge is -2.13. The van der Waals surface area contributed by atoms with Crippen LogP contribution in [-0.2, 0) is 11.0 Å². The van der Waals surface area contributed by atoms with Crippen molar-refractivity contribution < 1.29 is 27.3 Å². The highest BCUT2D eigenvalue weighted by atomic mass is 19.4. The number of hydrogen-bond donors (Lipinski definition) is 0. The number of carbonyl (C=O) groups is 1. The van der Waals surface area contributed by atoms with E-state index in [9.17, 15) is 18.0 Å². The van der Waals surface area contributed by atoms with Gasteiger partial charge in [-0.1, -0.05) is 17.3 Å². The third kappa shape index (κ3) is 2.96. The first kappa shape index (κ1) is 16.0. The molecular weight excluding hydrogens is 301 g/mol. The molecular formula is C14H13F3N2O3. The Hall–Kier alpha value is -2.35. The molecule has 0 fully saturated rings. The number of rotatable bonds is 3. The fourth-order valence-electron chi connectivity index (χ4n) is 1.90. The lowest BCUT2D eigenvalue weighted by atomic mass is 10.0. The van der Waals surface area contributed by atoms with Crippen LogP contribution in [0, 0.1) is 6.92 Å². The molecule has 118 valence electrons. The molecule has 0 radical (unpaired) electrons. The van der Waals surface area contributed by atoms with Gasteiger partial charge >= 0.3 is 6.18 Å². The van der Waals surface area contributed by atoms with E-state index in [0.717, 1.165) is 5.06 Å². The van der Waals surface area contributed by atoms with Gasteiger partial charge in [0.05, 0.1) is 7.11 Å². The molecule has 0 saturated carbocycles. The first-order chi connectivity index (χ1) is 10.3. The predicted molar refractivity (Wildman–Crippen MR) is 70.8 cm³/mol. The minimum atomic E-state index is -4.59. The lowest BCUT2D eigenvalue weighted by molar-refractivity contribution is -0.156. The molecule has 2 aromatic rings. The standard InChI is InChI=1S/C14H13F3N2O3/c1-8-11(18-22-12(8)14(15,16)17)9-4-6-10(7-5-9)13(20)19(2)21-3/h4-7H,1-3H3. The van der Waals surface area contributed by atoms with E-state index in [4.69, 9.17) is 4.84 Å². The second-order valence-corrected chi connectivity index (χ2v) is 4.55. The van der Waals surface area contributed by atoms with Gasteiger partial charge in [0.2, 0.25) is 5.76 Å². The summed E-state index contributed by atoms with van der Waals surface area (Å²) in [6.45, 7) is 1.28. The second kappa shape index (κ2) is 5.80. The maximum Gasteiger partial charge on any atom is 0.452 e. The van der Waals surface area contributed by atoms with Gasteiger partial charge < -0.3 is 4.52 Å². The van der Waals surface area contributed by atoms with Crippen LogP contribution in [0.3, 0.4) is 0 Å².